The van der Waals surface area contributed by atoms with Gasteiger partial charge in [0.05, 0.1) is 23.8 Å². The molecule has 2 aromatic carbocycles. The van der Waals surface area contributed by atoms with Crippen molar-refractivity contribution in [3.63, 3.8) is 0 Å². The fourth-order valence-corrected chi connectivity index (χ4v) is 3.80. The Balaban J connectivity index is 0.00000256. The fourth-order valence-electron chi connectivity index (χ4n) is 3.80. The molecule has 0 spiro atoms. The molecule has 3 aromatic rings. The molecule has 1 fully saturated rings. The minimum atomic E-state index is 0. The van der Waals surface area contributed by atoms with Crippen molar-refractivity contribution in [2.45, 2.75) is 6.42 Å². The van der Waals surface area contributed by atoms with Gasteiger partial charge in [0.15, 0.2) is 5.96 Å². The Morgan fingerprint density at radius 2 is 1.83 bits per heavy atom. The molecule has 8 heteroatoms. The Morgan fingerprint density at radius 3 is 2.57 bits per heavy atom. The summed E-state index contributed by atoms with van der Waals surface area (Å²) in [7, 11) is 3.57. The predicted octanol–water partition coefficient (Wildman–Crippen LogP) is 3.13. The van der Waals surface area contributed by atoms with Crippen LogP contribution >= 0.6 is 24.0 Å². The van der Waals surface area contributed by atoms with E-state index in [1.807, 2.05) is 37.4 Å². The summed E-state index contributed by atoms with van der Waals surface area (Å²) in [5.41, 5.74) is 3.25. The summed E-state index contributed by atoms with van der Waals surface area (Å²) < 4.78 is 5.51. The SMILES string of the molecule is CN=C(NCCc1nc2ccccc2[nH]1)N1CCN(c2ccccc2OC)CC1.I. The number of aromatic amines is 1. The van der Waals surface area contributed by atoms with Gasteiger partial charge in [-0.3, -0.25) is 4.99 Å². The number of hydrogen-bond donors (Lipinski definition) is 2. The van der Waals surface area contributed by atoms with E-state index in [2.05, 4.69) is 48.3 Å². The van der Waals surface area contributed by atoms with Crippen molar-refractivity contribution in [3.8, 4) is 5.75 Å². The molecule has 1 aliphatic rings. The zero-order valence-electron chi connectivity index (χ0n) is 17.5. The number of nitrogens with one attached hydrogen (secondary N) is 2. The Bertz CT molecular complexity index is 947. The van der Waals surface area contributed by atoms with E-state index in [1.165, 1.54) is 0 Å². The van der Waals surface area contributed by atoms with Crippen LogP contribution in [0, 0.1) is 0 Å². The molecule has 0 radical (unpaired) electrons. The lowest BCUT2D eigenvalue weighted by Crippen LogP contribution is -2.52. The third kappa shape index (κ3) is 4.97. The smallest absolute Gasteiger partial charge is 0.193 e. The third-order valence-corrected chi connectivity index (χ3v) is 5.30. The number of hydrogen-bond acceptors (Lipinski definition) is 4. The lowest BCUT2D eigenvalue weighted by Gasteiger charge is -2.38. The Morgan fingerprint density at radius 1 is 1.10 bits per heavy atom. The summed E-state index contributed by atoms with van der Waals surface area (Å²) in [4.78, 5) is 17.2. The van der Waals surface area contributed by atoms with Gasteiger partial charge in [0, 0.05) is 46.2 Å². The van der Waals surface area contributed by atoms with Crippen LogP contribution in [0.25, 0.3) is 11.0 Å². The van der Waals surface area contributed by atoms with E-state index < -0.39 is 0 Å². The number of ether oxygens (including phenoxy) is 1. The van der Waals surface area contributed by atoms with Crippen molar-refractivity contribution in [2.75, 3.05) is 51.8 Å². The average molecular weight is 520 g/mol. The van der Waals surface area contributed by atoms with Crippen LogP contribution in [0.5, 0.6) is 5.75 Å². The molecule has 30 heavy (non-hydrogen) atoms. The molecule has 0 bridgehead atoms. The number of anilines is 1. The van der Waals surface area contributed by atoms with Crippen LogP contribution in [0.3, 0.4) is 0 Å². The number of H-pyrrole nitrogens is 1. The topological polar surface area (TPSA) is 68.8 Å². The highest BCUT2D eigenvalue weighted by Crippen LogP contribution is 2.28. The van der Waals surface area contributed by atoms with Crippen LogP contribution < -0.4 is 15.0 Å². The molecular weight excluding hydrogens is 491 g/mol. The van der Waals surface area contributed by atoms with Gasteiger partial charge in [0.25, 0.3) is 0 Å². The lowest BCUT2D eigenvalue weighted by molar-refractivity contribution is 0.367. The summed E-state index contributed by atoms with van der Waals surface area (Å²) in [5, 5.41) is 3.48. The normalized spacial score (nSPS) is 14.5. The molecule has 4 rings (SSSR count). The Kier molecular flexibility index (Phi) is 7.78. The second-order valence-corrected chi connectivity index (χ2v) is 7.07. The number of halogens is 1. The number of fused-ring (bicyclic) bond motifs is 1. The van der Waals surface area contributed by atoms with Crippen molar-refractivity contribution in [2.24, 2.45) is 4.99 Å². The average Bonchev–Trinajstić information content (AvgIpc) is 3.20. The maximum absolute atomic E-state index is 5.51. The Labute approximate surface area is 194 Å². The highest BCUT2D eigenvalue weighted by Gasteiger charge is 2.21. The number of aliphatic imine (C=N–C) groups is 1. The number of aromatic nitrogens is 2. The third-order valence-electron chi connectivity index (χ3n) is 5.30. The van der Waals surface area contributed by atoms with Crippen LogP contribution in [0.15, 0.2) is 53.5 Å². The van der Waals surface area contributed by atoms with Gasteiger partial charge >= 0.3 is 0 Å². The number of nitrogens with zero attached hydrogens (tertiary/aromatic N) is 4. The summed E-state index contributed by atoms with van der Waals surface area (Å²) in [6.07, 6.45) is 0.828. The number of para-hydroxylation sites is 4. The van der Waals surface area contributed by atoms with Crippen LogP contribution in [-0.2, 0) is 6.42 Å². The quantitative estimate of drug-likeness (QED) is 0.308. The number of benzene rings is 2. The maximum atomic E-state index is 5.51. The molecule has 1 aliphatic heterocycles. The summed E-state index contributed by atoms with van der Waals surface area (Å²) >= 11 is 0. The fraction of sp³-hybridized carbons (Fsp3) is 0.364. The van der Waals surface area contributed by atoms with Crippen LogP contribution in [-0.4, -0.2) is 67.7 Å². The standard InChI is InChI=1S/C22H28N6O.HI/c1-23-22(24-12-11-21-25-17-7-3-4-8-18(17)26-21)28-15-13-27(14-16-28)19-9-5-6-10-20(19)29-2;/h3-10H,11-16H2,1-2H3,(H,23,24)(H,25,26);1H. The van der Waals surface area contributed by atoms with E-state index in [9.17, 15) is 0 Å². The first-order valence-corrected chi connectivity index (χ1v) is 10.1. The first kappa shape index (κ1) is 22.2. The second kappa shape index (κ2) is 10.5. The van der Waals surface area contributed by atoms with E-state index in [1.54, 1.807) is 7.11 Å². The monoisotopic (exact) mass is 520 g/mol. The first-order valence-electron chi connectivity index (χ1n) is 10.1. The van der Waals surface area contributed by atoms with Gasteiger partial charge in [-0.05, 0) is 24.3 Å². The zero-order valence-corrected chi connectivity index (χ0v) is 19.8. The Hall–Kier alpha value is -2.49. The number of rotatable bonds is 5. The summed E-state index contributed by atoms with van der Waals surface area (Å²) in [6, 6.07) is 16.3. The highest BCUT2D eigenvalue weighted by atomic mass is 127. The first-order chi connectivity index (χ1) is 14.3. The number of methoxy groups -OCH3 is 1. The van der Waals surface area contributed by atoms with E-state index in [-0.39, 0.29) is 24.0 Å². The molecule has 1 saturated heterocycles. The van der Waals surface area contributed by atoms with Gasteiger partial charge in [0.1, 0.15) is 11.6 Å². The molecule has 0 aliphatic carbocycles. The number of guanidine groups is 1. The summed E-state index contributed by atoms with van der Waals surface area (Å²) in [5.74, 6) is 2.87. The molecule has 0 amide bonds. The predicted molar refractivity (Wildman–Crippen MR) is 133 cm³/mol. The molecular formula is C22H29IN6O. The molecule has 0 unspecified atom stereocenters. The lowest BCUT2D eigenvalue weighted by atomic mass is 10.2. The molecule has 1 aromatic heterocycles. The van der Waals surface area contributed by atoms with Crippen LogP contribution in [0.2, 0.25) is 0 Å². The highest BCUT2D eigenvalue weighted by molar-refractivity contribution is 14.0. The molecule has 2 N–H and O–H groups in total. The van der Waals surface area contributed by atoms with Crippen molar-refractivity contribution < 1.29 is 4.74 Å². The number of piperazine rings is 1. The van der Waals surface area contributed by atoms with E-state index in [0.717, 1.165) is 73.4 Å². The van der Waals surface area contributed by atoms with Crippen molar-refractivity contribution >= 4 is 46.7 Å². The van der Waals surface area contributed by atoms with Gasteiger partial charge in [0.2, 0.25) is 0 Å². The minimum Gasteiger partial charge on any atom is -0.495 e. The maximum Gasteiger partial charge on any atom is 0.193 e. The van der Waals surface area contributed by atoms with Gasteiger partial charge < -0.3 is 24.8 Å². The number of imidazole rings is 1. The van der Waals surface area contributed by atoms with Crippen molar-refractivity contribution in [1.82, 2.24) is 20.2 Å². The van der Waals surface area contributed by atoms with Gasteiger partial charge in [-0.1, -0.05) is 24.3 Å². The van der Waals surface area contributed by atoms with Crippen LogP contribution in [0.1, 0.15) is 5.82 Å². The molecule has 0 saturated carbocycles. The molecule has 0 atom stereocenters. The van der Waals surface area contributed by atoms with Crippen molar-refractivity contribution in [1.29, 1.82) is 0 Å². The zero-order chi connectivity index (χ0) is 20.1. The van der Waals surface area contributed by atoms with Crippen LogP contribution in [0.4, 0.5) is 5.69 Å². The van der Waals surface area contributed by atoms with Gasteiger partial charge in [-0.2, -0.15) is 0 Å². The summed E-state index contributed by atoms with van der Waals surface area (Å²) in [6.45, 7) is 4.50. The minimum absolute atomic E-state index is 0. The molecule has 2 heterocycles. The van der Waals surface area contributed by atoms with E-state index >= 15 is 0 Å². The molecule has 160 valence electrons. The van der Waals surface area contributed by atoms with E-state index in [0.29, 0.717) is 0 Å². The second-order valence-electron chi connectivity index (χ2n) is 7.07. The van der Waals surface area contributed by atoms with Crippen molar-refractivity contribution in [3.05, 3.63) is 54.4 Å². The van der Waals surface area contributed by atoms with E-state index in [4.69, 9.17) is 4.74 Å². The largest absolute Gasteiger partial charge is 0.495 e. The van der Waals surface area contributed by atoms with Gasteiger partial charge in [-0.25, -0.2) is 4.98 Å². The van der Waals surface area contributed by atoms with Gasteiger partial charge in [-0.15, -0.1) is 24.0 Å². The molecule has 7 nitrogen and oxygen atoms in total.